The van der Waals surface area contributed by atoms with Crippen LogP contribution in [-0.4, -0.2) is 29.8 Å². The summed E-state index contributed by atoms with van der Waals surface area (Å²) >= 11 is 0. The third-order valence-electron chi connectivity index (χ3n) is 3.73. The molecule has 2 aliphatic rings. The van der Waals surface area contributed by atoms with Gasteiger partial charge in [0.15, 0.2) is 0 Å². The molecule has 1 aliphatic heterocycles. The smallest absolute Gasteiger partial charge is 0.138 e. The number of rotatable bonds is 1. The third kappa shape index (κ3) is 2.11. The van der Waals surface area contributed by atoms with Crippen molar-refractivity contribution in [2.75, 3.05) is 19.8 Å². The standard InChI is InChI=1S/C13H20N2O2/c1-8-5-9(2)12-10(6-8)14-13(15-12)11-7-16-3-4-17-11/h8-9,11H,3-7H2,1-2H3,(H,14,15). The molecule has 0 amide bonds. The molecule has 2 heterocycles. The quantitative estimate of drug-likeness (QED) is 0.813. The van der Waals surface area contributed by atoms with Crippen LogP contribution >= 0.6 is 0 Å². The molecule has 1 fully saturated rings. The molecule has 0 saturated carbocycles. The summed E-state index contributed by atoms with van der Waals surface area (Å²) in [6.45, 7) is 6.56. The van der Waals surface area contributed by atoms with Gasteiger partial charge in [0.05, 0.1) is 25.5 Å². The Kier molecular flexibility index (Phi) is 2.92. The number of nitrogens with zero attached hydrogens (tertiary/aromatic N) is 1. The van der Waals surface area contributed by atoms with E-state index in [1.54, 1.807) is 0 Å². The Balaban J connectivity index is 1.85. The van der Waals surface area contributed by atoms with E-state index in [0.29, 0.717) is 25.7 Å². The number of hydrogen-bond donors (Lipinski definition) is 1. The fourth-order valence-electron chi connectivity index (χ4n) is 2.95. The van der Waals surface area contributed by atoms with Crippen LogP contribution in [0.3, 0.4) is 0 Å². The minimum Gasteiger partial charge on any atom is -0.376 e. The lowest BCUT2D eigenvalue weighted by atomic mass is 9.84. The van der Waals surface area contributed by atoms with Gasteiger partial charge in [-0.25, -0.2) is 4.98 Å². The molecule has 3 unspecified atom stereocenters. The monoisotopic (exact) mass is 236 g/mol. The highest BCUT2D eigenvalue weighted by molar-refractivity contribution is 5.23. The molecule has 0 radical (unpaired) electrons. The number of fused-ring (bicyclic) bond motifs is 1. The van der Waals surface area contributed by atoms with Crippen LogP contribution in [0.1, 0.15) is 49.5 Å². The van der Waals surface area contributed by atoms with Crippen molar-refractivity contribution in [2.45, 2.75) is 38.7 Å². The van der Waals surface area contributed by atoms with E-state index in [4.69, 9.17) is 14.5 Å². The molecule has 1 N–H and O–H groups in total. The maximum Gasteiger partial charge on any atom is 0.138 e. The lowest BCUT2D eigenvalue weighted by molar-refractivity contribution is -0.0933. The number of ether oxygens (including phenoxy) is 2. The van der Waals surface area contributed by atoms with Gasteiger partial charge in [-0.2, -0.15) is 0 Å². The minimum absolute atomic E-state index is 0.00291. The van der Waals surface area contributed by atoms with E-state index in [1.165, 1.54) is 17.8 Å². The number of aromatic amines is 1. The average Bonchev–Trinajstić information content (AvgIpc) is 2.74. The highest BCUT2D eigenvalue weighted by Crippen LogP contribution is 2.34. The summed E-state index contributed by atoms with van der Waals surface area (Å²) in [7, 11) is 0. The topological polar surface area (TPSA) is 47.1 Å². The molecule has 17 heavy (non-hydrogen) atoms. The Morgan fingerprint density at radius 3 is 2.94 bits per heavy atom. The summed E-state index contributed by atoms with van der Waals surface area (Å²) in [4.78, 5) is 8.18. The maximum atomic E-state index is 5.69. The lowest BCUT2D eigenvalue weighted by Gasteiger charge is -2.22. The number of nitrogens with one attached hydrogen (secondary N) is 1. The highest BCUT2D eigenvalue weighted by Gasteiger charge is 2.28. The zero-order valence-corrected chi connectivity index (χ0v) is 10.5. The summed E-state index contributed by atoms with van der Waals surface area (Å²) in [6, 6.07) is 0. The molecule has 94 valence electrons. The summed E-state index contributed by atoms with van der Waals surface area (Å²) < 4.78 is 11.1. The van der Waals surface area contributed by atoms with Gasteiger partial charge < -0.3 is 14.5 Å². The first kappa shape index (κ1) is 11.2. The minimum atomic E-state index is -0.00291. The van der Waals surface area contributed by atoms with E-state index in [1.807, 2.05) is 0 Å². The van der Waals surface area contributed by atoms with Crippen molar-refractivity contribution in [1.29, 1.82) is 0 Å². The molecular weight excluding hydrogens is 216 g/mol. The zero-order valence-electron chi connectivity index (χ0n) is 10.5. The van der Waals surface area contributed by atoms with E-state index in [0.717, 1.165) is 18.2 Å². The van der Waals surface area contributed by atoms with Crippen LogP contribution in [0.4, 0.5) is 0 Å². The molecule has 1 saturated heterocycles. The van der Waals surface area contributed by atoms with Crippen molar-refractivity contribution in [1.82, 2.24) is 9.97 Å². The highest BCUT2D eigenvalue weighted by atomic mass is 16.6. The normalized spacial score (nSPS) is 33.4. The van der Waals surface area contributed by atoms with Crippen molar-refractivity contribution in [3.63, 3.8) is 0 Å². The first-order valence-corrected chi connectivity index (χ1v) is 6.52. The first-order valence-electron chi connectivity index (χ1n) is 6.52. The molecule has 3 atom stereocenters. The number of imidazole rings is 1. The van der Waals surface area contributed by atoms with Crippen LogP contribution in [0.15, 0.2) is 0 Å². The lowest BCUT2D eigenvalue weighted by Crippen LogP contribution is -2.22. The molecule has 4 heteroatoms. The van der Waals surface area contributed by atoms with E-state index in [9.17, 15) is 0 Å². The second-order valence-electron chi connectivity index (χ2n) is 5.37. The fraction of sp³-hybridized carbons (Fsp3) is 0.769. The predicted molar refractivity (Wildman–Crippen MR) is 64.0 cm³/mol. The molecule has 1 aromatic rings. The van der Waals surface area contributed by atoms with Gasteiger partial charge in [0, 0.05) is 11.6 Å². The van der Waals surface area contributed by atoms with Crippen LogP contribution in [0, 0.1) is 5.92 Å². The molecule has 1 aromatic heterocycles. The van der Waals surface area contributed by atoms with Gasteiger partial charge >= 0.3 is 0 Å². The SMILES string of the molecule is CC1Cc2[nH]c(C3COCCO3)nc2C(C)C1. The Labute approximate surface area is 102 Å². The second kappa shape index (κ2) is 4.42. The van der Waals surface area contributed by atoms with E-state index < -0.39 is 0 Å². The molecule has 3 rings (SSSR count). The maximum absolute atomic E-state index is 5.69. The summed E-state index contributed by atoms with van der Waals surface area (Å²) in [5, 5.41) is 0. The molecule has 0 bridgehead atoms. The Morgan fingerprint density at radius 2 is 2.18 bits per heavy atom. The Bertz CT molecular complexity index is 396. The predicted octanol–water partition coefficient (Wildman–Crippen LogP) is 2.18. The average molecular weight is 236 g/mol. The van der Waals surface area contributed by atoms with Crippen LogP contribution in [0.2, 0.25) is 0 Å². The van der Waals surface area contributed by atoms with Crippen molar-refractivity contribution in [3.05, 3.63) is 17.2 Å². The summed E-state index contributed by atoms with van der Waals surface area (Å²) in [5.41, 5.74) is 2.55. The van der Waals surface area contributed by atoms with Gasteiger partial charge in [-0.15, -0.1) is 0 Å². The van der Waals surface area contributed by atoms with E-state index in [-0.39, 0.29) is 6.10 Å². The van der Waals surface area contributed by atoms with Crippen LogP contribution in [0.5, 0.6) is 0 Å². The van der Waals surface area contributed by atoms with Crippen molar-refractivity contribution in [3.8, 4) is 0 Å². The van der Waals surface area contributed by atoms with Crippen molar-refractivity contribution in [2.24, 2.45) is 5.92 Å². The largest absolute Gasteiger partial charge is 0.376 e. The number of hydrogen-bond acceptors (Lipinski definition) is 3. The van der Waals surface area contributed by atoms with Gasteiger partial charge in [-0.1, -0.05) is 13.8 Å². The zero-order chi connectivity index (χ0) is 11.8. The summed E-state index contributed by atoms with van der Waals surface area (Å²) in [5.74, 6) is 2.26. The van der Waals surface area contributed by atoms with Gasteiger partial charge in [-0.05, 0) is 18.8 Å². The second-order valence-corrected chi connectivity index (χ2v) is 5.37. The number of aromatic nitrogens is 2. The Hall–Kier alpha value is -0.870. The third-order valence-corrected chi connectivity index (χ3v) is 3.73. The fourth-order valence-corrected chi connectivity index (χ4v) is 2.95. The molecule has 1 aliphatic carbocycles. The molecular formula is C13H20N2O2. The first-order chi connectivity index (χ1) is 8.24. The summed E-state index contributed by atoms with van der Waals surface area (Å²) in [6.07, 6.45) is 2.34. The molecule has 0 spiro atoms. The van der Waals surface area contributed by atoms with Crippen molar-refractivity contribution >= 4 is 0 Å². The van der Waals surface area contributed by atoms with Gasteiger partial charge in [0.2, 0.25) is 0 Å². The van der Waals surface area contributed by atoms with Crippen LogP contribution in [0.25, 0.3) is 0 Å². The number of H-pyrrole nitrogens is 1. The Morgan fingerprint density at radius 1 is 1.29 bits per heavy atom. The van der Waals surface area contributed by atoms with E-state index in [2.05, 4.69) is 18.8 Å². The van der Waals surface area contributed by atoms with Gasteiger partial charge in [0.25, 0.3) is 0 Å². The molecule has 4 nitrogen and oxygen atoms in total. The van der Waals surface area contributed by atoms with Gasteiger partial charge in [0.1, 0.15) is 11.9 Å². The van der Waals surface area contributed by atoms with Gasteiger partial charge in [-0.3, -0.25) is 0 Å². The van der Waals surface area contributed by atoms with E-state index >= 15 is 0 Å². The van der Waals surface area contributed by atoms with Crippen LogP contribution < -0.4 is 0 Å². The van der Waals surface area contributed by atoms with Crippen LogP contribution in [-0.2, 0) is 15.9 Å². The molecule has 0 aromatic carbocycles. The van der Waals surface area contributed by atoms with Crippen molar-refractivity contribution < 1.29 is 9.47 Å².